The van der Waals surface area contributed by atoms with Crippen LogP contribution in [0.25, 0.3) is 0 Å². The predicted molar refractivity (Wildman–Crippen MR) is 65.4 cm³/mol. The Kier molecular flexibility index (Phi) is 6.72. The predicted octanol–water partition coefficient (Wildman–Crippen LogP) is -2.20. The number of ether oxygens (including phenoxy) is 3. The van der Waals surface area contributed by atoms with Crippen molar-refractivity contribution < 1.29 is 44.2 Å². The number of rotatable bonds is 6. The van der Waals surface area contributed by atoms with Gasteiger partial charge in [0.15, 0.2) is 6.29 Å². The lowest BCUT2D eigenvalue weighted by atomic mass is 9.99. The van der Waals surface area contributed by atoms with Crippen LogP contribution in [0.3, 0.4) is 0 Å². The summed E-state index contributed by atoms with van der Waals surface area (Å²) in [4.78, 5) is 22.3. The van der Waals surface area contributed by atoms with Gasteiger partial charge in [-0.3, -0.25) is 9.59 Å². The smallest absolute Gasteiger partial charge is 0.311 e. The van der Waals surface area contributed by atoms with Crippen LogP contribution in [-0.4, -0.2) is 69.7 Å². The molecule has 0 radical (unpaired) electrons. The van der Waals surface area contributed by atoms with E-state index < -0.39 is 49.3 Å². The molecule has 5 atom stereocenters. The van der Waals surface area contributed by atoms with E-state index in [1.54, 1.807) is 0 Å². The van der Waals surface area contributed by atoms with Crippen LogP contribution < -0.4 is 0 Å². The van der Waals surface area contributed by atoms with Gasteiger partial charge in [-0.05, 0) is 0 Å². The largest absolute Gasteiger partial charge is 0.463 e. The third-order valence-electron chi connectivity index (χ3n) is 2.84. The van der Waals surface area contributed by atoms with Gasteiger partial charge >= 0.3 is 11.9 Å². The molecule has 0 aromatic heterocycles. The quantitative estimate of drug-likeness (QED) is 0.317. The van der Waals surface area contributed by atoms with Gasteiger partial charge in [-0.2, -0.15) is 0 Å². The molecule has 0 aliphatic carbocycles. The van der Waals surface area contributed by atoms with Crippen LogP contribution in [0, 0.1) is 0 Å². The monoisotopic (exact) mass is 306 g/mol. The summed E-state index contributed by atoms with van der Waals surface area (Å²) in [6, 6.07) is 0. The maximum atomic E-state index is 11.4. The highest BCUT2D eigenvalue weighted by Crippen LogP contribution is 2.20. The Bertz CT molecular complexity index is 383. The maximum Gasteiger partial charge on any atom is 0.311 e. The Morgan fingerprint density at radius 2 is 1.67 bits per heavy atom. The summed E-state index contributed by atoms with van der Waals surface area (Å²) >= 11 is 0. The molecular formula is C12H18O9. The molecule has 120 valence electrons. The van der Waals surface area contributed by atoms with Gasteiger partial charge in [-0.15, -0.1) is 0 Å². The van der Waals surface area contributed by atoms with Gasteiger partial charge in [-0.1, -0.05) is 6.58 Å². The minimum atomic E-state index is -1.70. The molecule has 9 nitrogen and oxygen atoms in total. The molecule has 0 amide bonds. The molecule has 0 saturated carbocycles. The van der Waals surface area contributed by atoms with Crippen LogP contribution in [0.1, 0.15) is 12.8 Å². The number of aliphatic hydroxyl groups excluding tert-OH is 4. The van der Waals surface area contributed by atoms with E-state index in [4.69, 9.17) is 9.47 Å². The molecule has 0 spiro atoms. The zero-order chi connectivity index (χ0) is 16.0. The van der Waals surface area contributed by atoms with E-state index in [-0.39, 0.29) is 12.8 Å². The Labute approximate surface area is 120 Å². The molecule has 1 aliphatic heterocycles. The summed E-state index contributed by atoms with van der Waals surface area (Å²) < 4.78 is 14.0. The summed E-state index contributed by atoms with van der Waals surface area (Å²) in [6.07, 6.45) is -7.21. The van der Waals surface area contributed by atoms with Crippen molar-refractivity contribution in [3.05, 3.63) is 12.8 Å². The van der Waals surface area contributed by atoms with Crippen LogP contribution in [0.5, 0.6) is 0 Å². The fourth-order valence-electron chi connectivity index (χ4n) is 1.67. The molecule has 1 heterocycles. The Balaban J connectivity index is 2.35. The van der Waals surface area contributed by atoms with Crippen molar-refractivity contribution in [3.8, 4) is 0 Å². The van der Waals surface area contributed by atoms with Crippen LogP contribution in [-0.2, 0) is 23.8 Å². The fraction of sp³-hybridized carbons (Fsp3) is 0.667. The molecule has 21 heavy (non-hydrogen) atoms. The van der Waals surface area contributed by atoms with Crippen LogP contribution >= 0.6 is 0 Å². The Morgan fingerprint density at radius 1 is 1.05 bits per heavy atom. The summed E-state index contributed by atoms with van der Waals surface area (Å²) in [7, 11) is 0. The van der Waals surface area contributed by atoms with E-state index in [0.29, 0.717) is 0 Å². The van der Waals surface area contributed by atoms with Crippen molar-refractivity contribution in [2.75, 3.05) is 6.61 Å². The van der Waals surface area contributed by atoms with Crippen molar-refractivity contribution >= 4 is 11.9 Å². The zero-order valence-corrected chi connectivity index (χ0v) is 11.1. The first-order valence-electron chi connectivity index (χ1n) is 6.20. The first kappa shape index (κ1) is 17.5. The average Bonchev–Trinajstić information content (AvgIpc) is 2.45. The number of hydrogen-bond acceptors (Lipinski definition) is 9. The Hall–Kier alpha value is -1.52. The third-order valence-corrected chi connectivity index (χ3v) is 2.84. The van der Waals surface area contributed by atoms with Gasteiger partial charge in [-0.25, -0.2) is 0 Å². The van der Waals surface area contributed by atoms with Crippen molar-refractivity contribution in [1.82, 2.24) is 0 Å². The molecule has 0 bridgehead atoms. The summed E-state index contributed by atoms with van der Waals surface area (Å²) in [5, 5.41) is 37.6. The van der Waals surface area contributed by atoms with Crippen molar-refractivity contribution in [2.24, 2.45) is 0 Å². The second-order valence-electron chi connectivity index (χ2n) is 4.38. The highest BCUT2D eigenvalue weighted by Gasteiger charge is 2.43. The highest BCUT2D eigenvalue weighted by atomic mass is 16.6. The zero-order valence-electron chi connectivity index (χ0n) is 11.1. The standard InChI is InChI=1S/C12H18O9/c1-2-19-7(13)3-4-8(14)20-5-6-9(15)10(16)11(17)12(18)21-6/h2,6,9-12,15-18H,1,3-5H2/t6-,9-,10+,11-,12?/m1/s1. The van der Waals surface area contributed by atoms with E-state index in [1.807, 2.05) is 0 Å². The van der Waals surface area contributed by atoms with E-state index >= 15 is 0 Å². The minimum Gasteiger partial charge on any atom is -0.463 e. The first-order valence-corrected chi connectivity index (χ1v) is 6.20. The van der Waals surface area contributed by atoms with E-state index in [2.05, 4.69) is 11.3 Å². The molecule has 0 aromatic rings. The van der Waals surface area contributed by atoms with Crippen molar-refractivity contribution in [2.45, 2.75) is 43.5 Å². The van der Waals surface area contributed by atoms with Crippen LogP contribution in [0.2, 0.25) is 0 Å². The lowest BCUT2D eigenvalue weighted by Gasteiger charge is -2.37. The molecule has 1 aliphatic rings. The van der Waals surface area contributed by atoms with E-state index in [0.717, 1.165) is 6.26 Å². The maximum absolute atomic E-state index is 11.4. The summed E-state index contributed by atoms with van der Waals surface area (Å²) in [5.74, 6) is -1.40. The molecular weight excluding hydrogens is 288 g/mol. The topological polar surface area (TPSA) is 143 Å². The lowest BCUT2D eigenvalue weighted by molar-refractivity contribution is -0.287. The van der Waals surface area contributed by atoms with Crippen LogP contribution in [0.4, 0.5) is 0 Å². The molecule has 9 heteroatoms. The van der Waals surface area contributed by atoms with Gasteiger partial charge in [0.1, 0.15) is 31.0 Å². The number of aliphatic hydroxyl groups is 4. The van der Waals surface area contributed by atoms with Crippen LogP contribution in [0.15, 0.2) is 12.8 Å². The van der Waals surface area contributed by atoms with Gasteiger partial charge < -0.3 is 34.6 Å². The van der Waals surface area contributed by atoms with E-state index in [9.17, 15) is 30.0 Å². The van der Waals surface area contributed by atoms with Gasteiger partial charge in [0.25, 0.3) is 0 Å². The van der Waals surface area contributed by atoms with Crippen molar-refractivity contribution in [1.29, 1.82) is 0 Å². The van der Waals surface area contributed by atoms with E-state index in [1.165, 1.54) is 0 Å². The molecule has 1 rings (SSSR count). The third kappa shape index (κ3) is 5.06. The SMILES string of the molecule is C=COC(=O)CCC(=O)OC[C@H]1OC(O)[C@H](O)[C@@H](O)[C@@H]1O. The van der Waals surface area contributed by atoms with Gasteiger partial charge in [0.2, 0.25) is 0 Å². The average molecular weight is 306 g/mol. The highest BCUT2D eigenvalue weighted by molar-refractivity contribution is 5.77. The molecule has 1 unspecified atom stereocenters. The second-order valence-corrected chi connectivity index (χ2v) is 4.38. The van der Waals surface area contributed by atoms with Crippen molar-refractivity contribution in [3.63, 3.8) is 0 Å². The number of esters is 2. The molecule has 0 aromatic carbocycles. The first-order chi connectivity index (χ1) is 9.86. The normalized spacial score (nSPS) is 32.3. The number of hydrogen-bond donors (Lipinski definition) is 4. The molecule has 1 saturated heterocycles. The number of carbonyl (C=O) groups excluding carboxylic acids is 2. The summed E-state index contributed by atoms with van der Waals surface area (Å²) in [5.41, 5.74) is 0. The lowest BCUT2D eigenvalue weighted by Crippen LogP contribution is -2.58. The summed E-state index contributed by atoms with van der Waals surface area (Å²) in [6.45, 7) is 2.74. The Morgan fingerprint density at radius 3 is 2.29 bits per heavy atom. The van der Waals surface area contributed by atoms with Gasteiger partial charge in [0.05, 0.1) is 19.1 Å². The molecule has 1 fully saturated rings. The second kappa shape index (κ2) is 8.05. The fourth-order valence-corrected chi connectivity index (χ4v) is 1.67. The molecule has 4 N–H and O–H groups in total. The number of carbonyl (C=O) groups is 2. The minimum absolute atomic E-state index is 0.205. The van der Waals surface area contributed by atoms with Gasteiger partial charge in [0, 0.05) is 0 Å².